The van der Waals surface area contributed by atoms with Crippen LogP contribution in [-0.2, 0) is 0 Å². The van der Waals surface area contributed by atoms with Gasteiger partial charge >= 0.3 is 0 Å². The molecule has 1 saturated carbocycles. The van der Waals surface area contributed by atoms with Crippen molar-refractivity contribution in [3.05, 3.63) is 29.6 Å². The number of phenols is 1. The molecule has 0 spiro atoms. The van der Waals surface area contributed by atoms with Crippen molar-refractivity contribution in [2.45, 2.75) is 38.5 Å². The first-order chi connectivity index (χ1) is 10.2. The Bertz CT molecular complexity index is 801. The van der Waals surface area contributed by atoms with Gasteiger partial charge in [0.1, 0.15) is 5.75 Å². The summed E-state index contributed by atoms with van der Waals surface area (Å²) in [5.41, 5.74) is 1.79. The molecule has 1 aromatic carbocycles. The standard InChI is InChI=1S/C15H16N4OS/c1-9-6-7-11(12(20)8-9)14-18-19-13(10-4-2-3-5-10)16-17-15(19)21-14/h6-8,10,20H,2-5H2,1H3. The van der Waals surface area contributed by atoms with Crippen molar-refractivity contribution in [1.29, 1.82) is 0 Å². The number of rotatable bonds is 2. The van der Waals surface area contributed by atoms with E-state index < -0.39 is 0 Å². The zero-order chi connectivity index (χ0) is 14.4. The van der Waals surface area contributed by atoms with Crippen molar-refractivity contribution in [1.82, 2.24) is 19.8 Å². The van der Waals surface area contributed by atoms with Gasteiger partial charge in [-0.2, -0.15) is 9.61 Å². The van der Waals surface area contributed by atoms with Crippen molar-refractivity contribution < 1.29 is 5.11 Å². The smallest absolute Gasteiger partial charge is 0.234 e. The topological polar surface area (TPSA) is 63.3 Å². The number of phenolic OH excluding ortho intramolecular Hbond substituents is 1. The highest BCUT2D eigenvalue weighted by Crippen LogP contribution is 2.36. The minimum absolute atomic E-state index is 0.266. The third kappa shape index (κ3) is 2.10. The Morgan fingerprint density at radius 3 is 2.81 bits per heavy atom. The van der Waals surface area contributed by atoms with Crippen LogP contribution in [0.3, 0.4) is 0 Å². The van der Waals surface area contributed by atoms with E-state index in [1.165, 1.54) is 37.0 Å². The number of hydrogen-bond donors (Lipinski definition) is 1. The van der Waals surface area contributed by atoms with Crippen LogP contribution in [0.4, 0.5) is 0 Å². The molecule has 0 atom stereocenters. The van der Waals surface area contributed by atoms with Gasteiger partial charge in [-0.1, -0.05) is 30.2 Å². The molecule has 2 aromatic heterocycles. The van der Waals surface area contributed by atoms with Gasteiger partial charge in [0.15, 0.2) is 10.8 Å². The molecule has 1 aliphatic carbocycles. The number of fused-ring (bicyclic) bond motifs is 1. The summed E-state index contributed by atoms with van der Waals surface area (Å²) in [5.74, 6) is 1.71. The Kier molecular flexibility index (Phi) is 2.92. The van der Waals surface area contributed by atoms with Crippen LogP contribution in [-0.4, -0.2) is 24.9 Å². The van der Waals surface area contributed by atoms with E-state index in [0.29, 0.717) is 5.92 Å². The molecule has 0 aliphatic heterocycles. The van der Waals surface area contributed by atoms with Gasteiger partial charge in [0.05, 0.1) is 5.56 Å². The fraction of sp³-hybridized carbons (Fsp3) is 0.400. The quantitative estimate of drug-likeness (QED) is 0.786. The number of benzene rings is 1. The van der Waals surface area contributed by atoms with Crippen molar-refractivity contribution in [2.75, 3.05) is 0 Å². The van der Waals surface area contributed by atoms with Crippen LogP contribution in [0.1, 0.15) is 43.0 Å². The molecular formula is C15H16N4OS. The molecule has 1 aliphatic rings. The van der Waals surface area contributed by atoms with E-state index in [4.69, 9.17) is 0 Å². The van der Waals surface area contributed by atoms with E-state index >= 15 is 0 Å². The summed E-state index contributed by atoms with van der Waals surface area (Å²) in [6.07, 6.45) is 4.86. The minimum Gasteiger partial charge on any atom is -0.507 e. The zero-order valence-electron chi connectivity index (χ0n) is 11.8. The van der Waals surface area contributed by atoms with Gasteiger partial charge in [-0.25, -0.2) is 0 Å². The second kappa shape index (κ2) is 4.80. The lowest BCUT2D eigenvalue weighted by Crippen LogP contribution is -2.01. The highest BCUT2D eigenvalue weighted by Gasteiger charge is 2.24. The van der Waals surface area contributed by atoms with Crippen LogP contribution in [0, 0.1) is 6.92 Å². The number of aromatic hydroxyl groups is 1. The molecule has 0 unspecified atom stereocenters. The average molecular weight is 300 g/mol. The first-order valence-electron chi connectivity index (χ1n) is 7.24. The van der Waals surface area contributed by atoms with E-state index in [1.807, 2.05) is 23.6 Å². The van der Waals surface area contributed by atoms with E-state index in [2.05, 4.69) is 15.3 Å². The molecule has 1 N–H and O–H groups in total. The van der Waals surface area contributed by atoms with Gasteiger partial charge in [0, 0.05) is 5.92 Å². The lowest BCUT2D eigenvalue weighted by Gasteiger charge is -2.04. The molecule has 0 bridgehead atoms. The van der Waals surface area contributed by atoms with Crippen LogP contribution in [0.25, 0.3) is 15.5 Å². The maximum atomic E-state index is 10.1. The maximum absolute atomic E-state index is 10.1. The maximum Gasteiger partial charge on any atom is 0.234 e. The Balaban J connectivity index is 1.80. The van der Waals surface area contributed by atoms with Crippen LogP contribution in [0.5, 0.6) is 5.75 Å². The summed E-state index contributed by atoms with van der Waals surface area (Å²) in [6.45, 7) is 1.96. The first kappa shape index (κ1) is 12.8. The average Bonchev–Trinajstić information content (AvgIpc) is 3.13. The van der Waals surface area contributed by atoms with Gasteiger partial charge < -0.3 is 5.11 Å². The Hall–Kier alpha value is -1.95. The van der Waals surface area contributed by atoms with Gasteiger partial charge in [0.25, 0.3) is 0 Å². The van der Waals surface area contributed by atoms with Crippen LogP contribution < -0.4 is 0 Å². The van der Waals surface area contributed by atoms with Gasteiger partial charge in [-0.3, -0.25) is 0 Å². The fourth-order valence-corrected chi connectivity index (χ4v) is 3.88. The van der Waals surface area contributed by atoms with E-state index in [-0.39, 0.29) is 5.75 Å². The largest absolute Gasteiger partial charge is 0.507 e. The number of hydrogen-bond acceptors (Lipinski definition) is 5. The van der Waals surface area contributed by atoms with Crippen LogP contribution in [0.2, 0.25) is 0 Å². The number of aryl methyl sites for hydroxylation is 1. The predicted molar refractivity (Wildman–Crippen MR) is 81.7 cm³/mol. The Morgan fingerprint density at radius 1 is 1.24 bits per heavy atom. The lowest BCUT2D eigenvalue weighted by atomic mass is 10.1. The minimum atomic E-state index is 0.266. The van der Waals surface area contributed by atoms with E-state index in [9.17, 15) is 5.11 Å². The second-order valence-corrected chi connectivity index (χ2v) is 6.62. The summed E-state index contributed by atoms with van der Waals surface area (Å²) in [7, 11) is 0. The summed E-state index contributed by atoms with van der Waals surface area (Å²) < 4.78 is 1.86. The van der Waals surface area contributed by atoms with Crippen LogP contribution >= 0.6 is 11.3 Å². The molecule has 0 radical (unpaired) electrons. The van der Waals surface area contributed by atoms with Crippen LogP contribution in [0.15, 0.2) is 18.2 Å². The SMILES string of the molecule is Cc1ccc(-c2nn3c(C4CCCC4)nnc3s2)c(O)c1. The van der Waals surface area contributed by atoms with Crippen molar-refractivity contribution in [3.8, 4) is 16.3 Å². The monoisotopic (exact) mass is 300 g/mol. The predicted octanol–water partition coefficient (Wildman–Crippen LogP) is 3.52. The van der Waals surface area contributed by atoms with Gasteiger partial charge in [0.2, 0.25) is 4.96 Å². The lowest BCUT2D eigenvalue weighted by molar-refractivity contribution is 0.476. The highest BCUT2D eigenvalue weighted by atomic mass is 32.1. The number of nitrogens with zero attached hydrogens (tertiary/aromatic N) is 4. The molecule has 108 valence electrons. The third-order valence-corrected chi connectivity index (χ3v) is 5.05. The van der Waals surface area contributed by atoms with Gasteiger partial charge in [-0.15, -0.1) is 10.2 Å². The molecule has 5 nitrogen and oxygen atoms in total. The molecular weight excluding hydrogens is 284 g/mol. The summed E-state index contributed by atoms with van der Waals surface area (Å²) in [4.78, 5) is 0.798. The number of aromatic nitrogens is 4. The van der Waals surface area contributed by atoms with Crippen molar-refractivity contribution in [3.63, 3.8) is 0 Å². The molecule has 6 heteroatoms. The van der Waals surface area contributed by atoms with E-state index in [1.54, 1.807) is 6.07 Å². The molecule has 0 saturated heterocycles. The van der Waals surface area contributed by atoms with Crippen molar-refractivity contribution >= 4 is 16.3 Å². The third-order valence-electron chi connectivity index (χ3n) is 4.12. The van der Waals surface area contributed by atoms with E-state index in [0.717, 1.165) is 26.9 Å². The summed E-state index contributed by atoms with van der Waals surface area (Å²) in [6, 6.07) is 5.65. The molecule has 1 fully saturated rings. The summed E-state index contributed by atoms with van der Waals surface area (Å²) >= 11 is 1.47. The molecule has 3 aromatic rings. The van der Waals surface area contributed by atoms with Gasteiger partial charge in [-0.05, 0) is 37.5 Å². The molecule has 0 amide bonds. The molecule has 2 heterocycles. The second-order valence-electron chi connectivity index (χ2n) is 5.66. The highest BCUT2D eigenvalue weighted by molar-refractivity contribution is 7.19. The zero-order valence-corrected chi connectivity index (χ0v) is 12.6. The molecule has 21 heavy (non-hydrogen) atoms. The Labute approximate surface area is 126 Å². The first-order valence-corrected chi connectivity index (χ1v) is 8.06. The van der Waals surface area contributed by atoms with Crippen molar-refractivity contribution in [2.24, 2.45) is 0 Å². The fourth-order valence-electron chi connectivity index (χ4n) is 3.00. The Morgan fingerprint density at radius 2 is 2.05 bits per heavy atom. The molecule has 4 rings (SSSR count). The summed E-state index contributed by atoms with van der Waals surface area (Å²) in [5, 5.41) is 24.1. The normalized spacial score (nSPS) is 16.0.